The van der Waals surface area contributed by atoms with Crippen molar-refractivity contribution in [3.05, 3.63) is 29.6 Å². The summed E-state index contributed by atoms with van der Waals surface area (Å²) in [5.74, 6) is -0.345. The fraction of sp³-hybridized carbons (Fsp3) is 0.571. The highest BCUT2D eigenvalue weighted by Crippen LogP contribution is 2.31. The summed E-state index contributed by atoms with van der Waals surface area (Å²) in [7, 11) is 1.70. The van der Waals surface area contributed by atoms with E-state index in [1.165, 1.54) is 6.07 Å². The van der Waals surface area contributed by atoms with E-state index in [2.05, 4.69) is 4.90 Å². The molecule has 0 aliphatic carbocycles. The fourth-order valence-electron chi connectivity index (χ4n) is 2.56. The van der Waals surface area contributed by atoms with Crippen LogP contribution in [0, 0.1) is 5.82 Å². The van der Waals surface area contributed by atoms with E-state index in [0.717, 1.165) is 31.6 Å². The lowest BCUT2D eigenvalue weighted by atomic mass is 10.0. The molecule has 4 heteroatoms. The minimum atomic E-state index is -0.802. The zero-order chi connectivity index (χ0) is 13.1. The van der Waals surface area contributed by atoms with Crippen molar-refractivity contribution in [1.82, 2.24) is 0 Å². The van der Waals surface area contributed by atoms with Crippen molar-refractivity contribution in [3.63, 3.8) is 0 Å². The molecule has 1 fully saturated rings. The Hall–Kier alpha value is -1.13. The van der Waals surface area contributed by atoms with Crippen molar-refractivity contribution in [2.75, 3.05) is 25.1 Å². The molecule has 1 aliphatic heterocycles. The number of aliphatic hydroxyl groups is 1. The summed E-state index contributed by atoms with van der Waals surface area (Å²) in [6, 6.07) is 4.94. The Balaban J connectivity index is 2.29. The maximum atomic E-state index is 13.8. The standard InChI is InChI=1S/C14H20FNO2/c1-10(17)14-12(15)6-3-7-13(14)16-8-4-5-11(9-16)18-2/h3,6-7,10-11,17H,4-5,8-9H2,1-2H3/t10-,11?/m0/s1. The van der Waals surface area contributed by atoms with Crippen LogP contribution in [0.1, 0.15) is 31.4 Å². The van der Waals surface area contributed by atoms with Gasteiger partial charge < -0.3 is 14.7 Å². The van der Waals surface area contributed by atoms with Crippen LogP contribution in [-0.4, -0.2) is 31.4 Å². The van der Waals surface area contributed by atoms with Gasteiger partial charge in [0.25, 0.3) is 0 Å². The van der Waals surface area contributed by atoms with Gasteiger partial charge in [-0.2, -0.15) is 0 Å². The predicted molar refractivity (Wildman–Crippen MR) is 69.3 cm³/mol. The average Bonchev–Trinajstić information content (AvgIpc) is 2.38. The largest absolute Gasteiger partial charge is 0.389 e. The first-order valence-corrected chi connectivity index (χ1v) is 6.37. The van der Waals surface area contributed by atoms with Gasteiger partial charge in [-0.15, -0.1) is 0 Å². The number of hydrogen-bond donors (Lipinski definition) is 1. The molecule has 1 unspecified atom stereocenters. The molecule has 2 rings (SSSR count). The van der Waals surface area contributed by atoms with Crippen molar-refractivity contribution in [3.8, 4) is 0 Å². The number of aliphatic hydroxyl groups excluding tert-OH is 1. The van der Waals surface area contributed by atoms with Crippen molar-refractivity contribution in [2.45, 2.75) is 32.0 Å². The summed E-state index contributed by atoms with van der Waals surface area (Å²) in [5, 5.41) is 9.74. The fourth-order valence-corrected chi connectivity index (χ4v) is 2.56. The topological polar surface area (TPSA) is 32.7 Å². The Kier molecular flexibility index (Phi) is 4.19. The van der Waals surface area contributed by atoms with E-state index in [4.69, 9.17) is 4.74 Å². The van der Waals surface area contributed by atoms with Crippen LogP contribution in [-0.2, 0) is 4.74 Å². The van der Waals surface area contributed by atoms with Crippen LogP contribution in [0.5, 0.6) is 0 Å². The predicted octanol–water partition coefficient (Wildman–Crippen LogP) is 2.49. The number of benzene rings is 1. The van der Waals surface area contributed by atoms with Gasteiger partial charge in [0.05, 0.1) is 12.2 Å². The molecule has 3 nitrogen and oxygen atoms in total. The molecule has 100 valence electrons. The second-order valence-electron chi connectivity index (χ2n) is 4.79. The van der Waals surface area contributed by atoms with Crippen molar-refractivity contribution in [2.24, 2.45) is 0 Å². The van der Waals surface area contributed by atoms with Crippen LogP contribution < -0.4 is 4.90 Å². The van der Waals surface area contributed by atoms with Gasteiger partial charge in [-0.25, -0.2) is 4.39 Å². The molecule has 0 amide bonds. The van der Waals surface area contributed by atoms with E-state index in [9.17, 15) is 9.50 Å². The van der Waals surface area contributed by atoms with Crippen LogP contribution >= 0.6 is 0 Å². The van der Waals surface area contributed by atoms with Gasteiger partial charge in [-0.1, -0.05) is 6.07 Å². The number of anilines is 1. The first-order valence-electron chi connectivity index (χ1n) is 6.37. The van der Waals surface area contributed by atoms with E-state index in [1.807, 2.05) is 6.07 Å². The molecule has 1 aromatic carbocycles. The van der Waals surface area contributed by atoms with E-state index in [0.29, 0.717) is 5.56 Å². The molecule has 1 aliphatic rings. The van der Waals surface area contributed by atoms with E-state index < -0.39 is 6.10 Å². The van der Waals surface area contributed by atoms with Crippen molar-refractivity contribution >= 4 is 5.69 Å². The van der Waals surface area contributed by atoms with E-state index >= 15 is 0 Å². The number of rotatable bonds is 3. The molecular weight excluding hydrogens is 233 g/mol. The molecule has 18 heavy (non-hydrogen) atoms. The Labute approximate surface area is 107 Å². The van der Waals surface area contributed by atoms with Gasteiger partial charge in [0, 0.05) is 31.5 Å². The Bertz CT molecular complexity index is 409. The summed E-state index contributed by atoms with van der Waals surface area (Å²) >= 11 is 0. The molecule has 0 bridgehead atoms. The number of halogens is 1. The minimum absolute atomic E-state index is 0.184. The van der Waals surface area contributed by atoms with E-state index in [1.54, 1.807) is 20.1 Å². The highest BCUT2D eigenvalue weighted by Gasteiger charge is 2.24. The molecular formula is C14H20FNO2. The third-order valence-electron chi connectivity index (χ3n) is 3.50. The highest BCUT2D eigenvalue weighted by molar-refractivity contribution is 5.55. The van der Waals surface area contributed by atoms with Gasteiger partial charge in [0.1, 0.15) is 5.82 Å². The monoisotopic (exact) mass is 253 g/mol. The van der Waals surface area contributed by atoms with Crippen LogP contribution in [0.15, 0.2) is 18.2 Å². The lowest BCUT2D eigenvalue weighted by Gasteiger charge is -2.35. The molecule has 2 atom stereocenters. The SMILES string of the molecule is COC1CCCN(c2cccc(F)c2[C@H](C)O)C1. The summed E-state index contributed by atoms with van der Waals surface area (Å²) in [6.45, 7) is 3.22. The van der Waals surface area contributed by atoms with Crippen LogP contribution in [0.2, 0.25) is 0 Å². The zero-order valence-corrected chi connectivity index (χ0v) is 10.9. The number of hydrogen-bond acceptors (Lipinski definition) is 3. The third-order valence-corrected chi connectivity index (χ3v) is 3.50. The minimum Gasteiger partial charge on any atom is -0.389 e. The summed E-state index contributed by atoms with van der Waals surface area (Å²) < 4.78 is 19.2. The smallest absolute Gasteiger partial charge is 0.131 e. The molecule has 0 radical (unpaired) electrons. The molecule has 0 saturated carbocycles. The number of methoxy groups -OCH3 is 1. The molecule has 1 aromatic rings. The van der Waals surface area contributed by atoms with E-state index in [-0.39, 0.29) is 11.9 Å². The maximum absolute atomic E-state index is 13.8. The van der Waals surface area contributed by atoms with Crippen LogP contribution in [0.25, 0.3) is 0 Å². The number of nitrogens with zero attached hydrogens (tertiary/aromatic N) is 1. The van der Waals surface area contributed by atoms with Crippen molar-refractivity contribution < 1.29 is 14.2 Å². The normalized spacial score (nSPS) is 22.0. The second-order valence-corrected chi connectivity index (χ2v) is 4.79. The number of ether oxygens (including phenoxy) is 1. The Morgan fingerprint density at radius 3 is 2.94 bits per heavy atom. The summed E-state index contributed by atoms with van der Waals surface area (Å²) in [6.07, 6.45) is 1.44. The van der Waals surface area contributed by atoms with Gasteiger partial charge in [0.2, 0.25) is 0 Å². The van der Waals surface area contributed by atoms with Gasteiger partial charge in [-0.05, 0) is 31.9 Å². The molecule has 0 spiro atoms. The second kappa shape index (κ2) is 5.67. The van der Waals surface area contributed by atoms with Crippen LogP contribution in [0.4, 0.5) is 10.1 Å². The molecule has 1 N–H and O–H groups in total. The summed E-state index contributed by atoms with van der Waals surface area (Å²) in [4.78, 5) is 2.10. The molecule has 1 heterocycles. The maximum Gasteiger partial charge on any atom is 0.131 e. The Morgan fingerprint density at radius 2 is 2.28 bits per heavy atom. The zero-order valence-electron chi connectivity index (χ0n) is 10.9. The van der Waals surface area contributed by atoms with Gasteiger partial charge in [0.15, 0.2) is 0 Å². The first-order chi connectivity index (χ1) is 8.63. The molecule has 0 aromatic heterocycles. The quantitative estimate of drug-likeness (QED) is 0.898. The lowest BCUT2D eigenvalue weighted by Crippen LogP contribution is -2.39. The molecule has 1 saturated heterocycles. The van der Waals surface area contributed by atoms with Crippen molar-refractivity contribution in [1.29, 1.82) is 0 Å². The summed E-state index contributed by atoms with van der Waals surface area (Å²) in [5.41, 5.74) is 1.17. The Morgan fingerprint density at radius 1 is 1.50 bits per heavy atom. The lowest BCUT2D eigenvalue weighted by molar-refractivity contribution is 0.0890. The average molecular weight is 253 g/mol. The number of piperidine rings is 1. The third kappa shape index (κ3) is 2.65. The first kappa shape index (κ1) is 13.3. The van der Waals surface area contributed by atoms with Gasteiger partial charge >= 0.3 is 0 Å². The highest BCUT2D eigenvalue weighted by atomic mass is 19.1. The van der Waals surface area contributed by atoms with Gasteiger partial charge in [-0.3, -0.25) is 0 Å². The van der Waals surface area contributed by atoms with Crippen LogP contribution in [0.3, 0.4) is 0 Å².